The molecule has 10 nitrogen and oxygen atoms in total. The van der Waals surface area contributed by atoms with E-state index in [4.69, 9.17) is 68.1 Å². The Hall–Kier alpha value is 1.20. The first kappa shape index (κ1) is 40.2. The molecule has 0 spiro atoms. The lowest BCUT2D eigenvalue weighted by molar-refractivity contribution is -0.147. The van der Waals surface area contributed by atoms with Gasteiger partial charge in [0.2, 0.25) is 0 Å². The number of anilines is 2. The summed E-state index contributed by atoms with van der Waals surface area (Å²) < 4.78 is 3.00. The zero-order chi connectivity index (χ0) is 31.1. The fourth-order valence-electron chi connectivity index (χ4n) is 2.19. The molecule has 0 aliphatic rings. The molecule has 0 heterocycles. The molecule has 0 saturated carbocycles. The summed E-state index contributed by atoms with van der Waals surface area (Å²) in [6.07, 6.45) is -0.806. The van der Waals surface area contributed by atoms with E-state index in [0.29, 0.717) is 32.8 Å². The van der Waals surface area contributed by atoms with E-state index in [9.17, 15) is 28.8 Å². The van der Waals surface area contributed by atoms with Gasteiger partial charge in [-0.25, -0.2) is 0 Å². The molecule has 0 saturated heterocycles. The molecule has 2 aromatic carbocycles. The Morgan fingerprint density at radius 3 is 0.769 bits per heavy atom. The van der Waals surface area contributed by atoms with Crippen LogP contribution in [-0.4, -0.2) is 43.1 Å². The second-order valence-electron chi connectivity index (χ2n) is 6.27. The van der Waals surface area contributed by atoms with Crippen LogP contribution < -0.4 is 11.5 Å². The van der Waals surface area contributed by atoms with Gasteiger partial charge in [-0.2, -0.15) is 0 Å². The zero-order valence-corrected chi connectivity index (χ0v) is 34.0. The second-order valence-corrected chi connectivity index (χ2v) is 14.1. The van der Waals surface area contributed by atoms with Crippen LogP contribution in [0.3, 0.4) is 0 Å². The molecule has 0 unspecified atom stereocenters. The van der Waals surface area contributed by atoms with Crippen LogP contribution in [-0.2, 0) is 9.59 Å². The Labute approximate surface area is 321 Å². The Bertz CT molecular complexity index is 1220. The van der Waals surface area contributed by atoms with Crippen LogP contribution in [0, 0.1) is 21.4 Å². The summed E-state index contributed by atoms with van der Waals surface area (Å²) in [4.78, 5) is 63.9. The third-order valence-corrected chi connectivity index (χ3v) is 11.2. The maximum absolute atomic E-state index is 11.3. The van der Waals surface area contributed by atoms with Gasteiger partial charge in [0.1, 0.15) is 6.42 Å². The first-order valence-corrected chi connectivity index (χ1v) is 16.8. The summed E-state index contributed by atoms with van der Waals surface area (Å²) >= 11 is 33.2. The van der Waals surface area contributed by atoms with Crippen LogP contribution in [0.25, 0.3) is 0 Å². The number of carbonyl (C=O) groups is 6. The van der Waals surface area contributed by atoms with Crippen molar-refractivity contribution in [3.8, 4) is 0 Å². The van der Waals surface area contributed by atoms with Gasteiger partial charge >= 0.3 is 11.9 Å². The third kappa shape index (κ3) is 11.3. The molecule has 2 rings (SSSR count). The van der Waals surface area contributed by atoms with Crippen molar-refractivity contribution >= 4 is 226 Å². The number of nitrogens with two attached hydrogens (primary N) is 2. The Kier molecular flexibility index (Phi) is 18.7. The molecule has 0 bridgehead atoms. The quantitative estimate of drug-likeness (QED) is 0.0993. The molecule has 39 heavy (non-hydrogen) atoms. The van der Waals surface area contributed by atoms with Crippen LogP contribution in [0.5, 0.6) is 0 Å². The summed E-state index contributed by atoms with van der Waals surface area (Å²) in [6, 6.07) is 0. The lowest BCUT2D eigenvalue weighted by Gasteiger charge is -2.12. The number of nitrogen functional groups attached to an aromatic ring is 2. The smallest absolute Gasteiger partial charge is 0.314 e. The number of aliphatic carboxylic acids is 2. The summed E-state index contributed by atoms with van der Waals surface area (Å²) in [5.74, 6) is -2.62. The van der Waals surface area contributed by atoms with E-state index in [1.165, 1.54) is 0 Å². The summed E-state index contributed by atoms with van der Waals surface area (Å²) in [5, 5.41) is 12.8. The first-order valence-electron chi connectivity index (χ1n) is 8.85. The molecule has 0 atom stereocenters. The number of halogens is 10. The highest BCUT2D eigenvalue weighted by Gasteiger charge is 2.26. The molecule has 0 aromatic heterocycles. The number of carboxylic acid groups (broad SMARTS) is 2. The van der Waals surface area contributed by atoms with Gasteiger partial charge in [0, 0.05) is 7.14 Å². The maximum atomic E-state index is 11.3. The number of carboxylic acids is 2. The van der Waals surface area contributed by atoms with Gasteiger partial charge < -0.3 is 21.7 Å². The number of benzene rings is 2. The average Bonchev–Trinajstić information content (AvgIpc) is 2.75. The van der Waals surface area contributed by atoms with E-state index in [-0.39, 0.29) is 22.3 Å². The van der Waals surface area contributed by atoms with Gasteiger partial charge in [-0.1, -0.05) is 0 Å². The summed E-state index contributed by atoms with van der Waals surface area (Å²) in [6.45, 7) is 0. The Balaban J connectivity index is 0.000000600. The van der Waals surface area contributed by atoms with Crippen LogP contribution in [0.2, 0.25) is 0 Å². The van der Waals surface area contributed by atoms with E-state index in [1.807, 2.05) is 136 Å². The second kappa shape index (κ2) is 18.1. The van der Waals surface area contributed by atoms with Gasteiger partial charge in [-0.3, -0.25) is 28.8 Å². The van der Waals surface area contributed by atoms with E-state index >= 15 is 0 Å². The fourth-order valence-corrected chi connectivity index (χ4v) is 12.5. The molecule has 0 amide bonds. The number of carbonyl (C=O) groups excluding carboxylic acids is 4. The predicted octanol–water partition coefficient (Wildman–Crippen LogP) is 7.23. The highest BCUT2D eigenvalue weighted by Crippen LogP contribution is 2.36. The largest absolute Gasteiger partial charge is 0.481 e. The van der Waals surface area contributed by atoms with Crippen molar-refractivity contribution in [2.45, 2.75) is 6.42 Å². The lowest BCUT2D eigenvalue weighted by Crippen LogP contribution is -2.11. The number of hydrogen-bond donors (Lipinski definition) is 4. The maximum Gasteiger partial charge on any atom is 0.314 e. The Morgan fingerprint density at radius 1 is 0.487 bits per heavy atom. The van der Waals surface area contributed by atoms with Crippen LogP contribution >= 0.6 is 182 Å². The summed E-state index contributed by atoms with van der Waals surface area (Å²) in [5.41, 5.74) is 13.2. The van der Waals surface area contributed by atoms with Crippen LogP contribution in [0.1, 0.15) is 47.9 Å². The van der Waals surface area contributed by atoms with E-state index in [1.54, 1.807) is 0 Å². The summed E-state index contributed by atoms with van der Waals surface area (Å²) in [7, 11) is 0. The molecule has 2 aromatic rings. The molecule has 212 valence electrons. The minimum Gasteiger partial charge on any atom is -0.481 e. The van der Waals surface area contributed by atoms with Crippen LogP contribution in [0.15, 0.2) is 0 Å². The molecule has 0 radical (unpaired) electrons. The zero-order valence-electron chi connectivity index (χ0n) is 18.0. The average molecular weight is 1300 g/mol. The monoisotopic (exact) mass is 1290 g/mol. The molecule has 6 N–H and O–H groups in total. The van der Waals surface area contributed by atoms with Crippen molar-refractivity contribution in [2.75, 3.05) is 11.5 Å². The SMILES string of the molecule is Nc1c(I)c(C(=O)Cl)c(I)c(C(=O)Cl)c1I.Nc1c(I)c(C(=O)Cl)c(I)c(C(=O)Cl)c1I.O=C(O)CC(=O)O. The molecule has 0 aliphatic heterocycles. The van der Waals surface area contributed by atoms with E-state index in [2.05, 4.69) is 0 Å². The predicted molar refractivity (Wildman–Crippen MR) is 199 cm³/mol. The van der Waals surface area contributed by atoms with Crippen molar-refractivity contribution in [1.29, 1.82) is 0 Å². The molecular weight excluding hydrogens is 1290 g/mol. The molecule has 20 heteroatoms. The number of rotatable bonds is 6. The van der Waals surface area contributed by atoms with Gasteiger partial charge in [-0.05, 0) is 182 Å². The van der Waals surface area contributed by atoms with Gasteiger partial charge in [0.05, 0.1) is 47.9 Å². The van der Waals surface area contributed by atoms with Crippen LogP contribution in [0.4, 0.5) is 11.4 Å². The molecular formula is C19H8Cl4I6N2O8. The third-order valence-electron chi connectivity index (χ3n) is 3.79. The van der Waals surface area contributed by atoms with Crippen molar-refractivity contribution in [2.24, 2.45) is 0 Å². The van der Waals surface area contributed by atoms with E-state index in [0.717, 1.165) is 0 Å². The van der Waals surface area contributed by atoms with Crippen molar-refractivity contribution in [3.63, 3.8) is 0 Å². The minimum absolute atomic E-state index is 0.227. The van der Waals surface area contributed by atoms with Crippen molar-refractivity contribution in [1.82, 2.24) is 0 Å². The highest BCUT2D eigenvalue weighted by atomic mass is 127. The van der Waals surface area contributed by atoms with Gasteiger partial charge in [0.25, 0.3) is 21.0 Å². The minimum atomic E-state index is -1.31. The normalized spacial score (nSPS) is 9.90. The van der Waals surface area contributed by atoms with E-state index < -0.39 is 39.3 Å². The standard InChI is InChI=1S/2C8H2Cl2I3NO2.C3H4O4/c2*9-7(15)1-3(11)2(8(10)16)5(13)6(14)4(1)12;4-2(5)1-3(6)7/h2*14H2;1H2,(H,4,5)(H,6,7). The first-order chi connectivity index (χ1) is 17.7. The fraction of sp³-hybridized carbons (Fsp3) is 0.0526. The molecule has 0 fully saturated rings. The van der Waals surface area contributed by atoms with Gasteiger partial charge in [0.15, 0.2) is 0 Å². The number of hydrogen-bond acceptors (Lipinski definition) is 8. The van der Waals surface area contributed by atoms with Gasteiger partial charge in [-0.15, -0.1) is 0 Å². The van der Waals surface area contributed by atoms with Crippen molar-refractivity contribution in [3.05, 3.63) is 43.7 Å². The van der Waals surface area contributed by atoms with Crippen molar-refractivity contribution < 1.29 is 39.0 Å². The lowest BCUT2D eigenvalue weighted by atomic mass is 10.1. The Morgan fingerprint density at radius 2 is 0.667 bits per heavy atom. The highest BCUT2D eigenvalue weighted by molar-refractivity contribution is 14.1. The molecule has 0 aliphatic carbocycles. The topological polar surface area (TPSA) is 195 Å².